The number of carbonyl (C=O) groups is 7. The first kappa shape index (κ1) is 60.4. The molecule has 25 N–H and O–H groups in total. The normalized spacial score (nSPS) is 15.8. The molecule has 0 unspecified atom stereocenters. The van der Waals surface area contributed by atoms with E-state index in [-0.39, 0.29) is 114 Å². The third kappa shape index (κ3) is 21.4. The number of guanidine groups is 4. The van der Waals surface area contributed by atoms with Gasteiger partial charge in [-0.3, -0.25) is 48.7 Å². The first-order valence-corrected chi connectivity index (χ1v) is 24.8. The number of fused-ring (bicyclic) bond motifs is 1. The molecule has 0 bridgehead atoms. The molecule has 410 valence electrons. The van der Waals surface area contributed by atoms with Crippen LogP contribution in [0.3, 0.4) is 0 Å². The molecule has 2 heterocycles. The molecule has 0 saturated carbocycles. The zero-order valence-electron chi connectivity index (χ0n) is 42.2. The number of carbonyl (C=O) groups excluding carboxylic acids is 6. The van der Waals surface area contributed by atoms with Gasteiger partial charge in [0.25, 0.3) is 0 Å². The van der Waals surface area contributed by atoms with Crippen LogP contribution in [-0.4, -0.2) is 150 Å². The van der Waals surface area contributed by atoms with Gasteiger partial charge < -0.3 is 93.2 Å². The standard InChI is InChI=1S/C46H78N20O8/c1-3-25(2)35(41(72)63-31(15-8-20-57-44(49)50)38(69)64-33(42(73)74)17-10-22-59-46(53)54)66-39(70)32(16-9-21-58-45(51)52)61-37(68)30(14-7-19-56-43(47)48)62-40(71)34(65-36(67)29-13-6-18-55-29)23-26-24-60-28-12-5-4-11-27(26)28/h4-5,11-12,24-25,29-35,55,60H,3,6-10,13-23H2,1-2H3,(H,61,68)(H,62,71)(H,63,72)(H,64,69)(H,65,67)(H,66,70)(H,73,74)(H4,47,48,56)(H4,49,50,57)(H4,51,52,58)(H4,53,54,59)/t25-,29-,30-,31-,32-,33-,34-,35-/m0/s1. The largest absolute Gasteiger partial charge is 0.480 e. The number of nitrogens with one attached hydrogen (secondary N) is 8. The Bertz CT molecular complexity index is 2300. The lowest BCUT2D eigenvalue weighted by atomic mass is 9.96. The lowest BCUT2D eigenvalue weighted by Gasteiger charge is -2.29. The lowest BCUT2D eigenvalue weighted by Crippen LogP contribution is -2.61. The zero-order chi connectivity index (χ0) is 54.7. The average Bonchev–Trinajstić information content (AvgIpc) is 4.04. The van der Waals surface area contributed by atoms with Gasteiger partial charge in [0.2, 0.25) is 35.4 Å². The summed E-state index contributed by atoms with van der Waals surface area (Å²) < 4.78 is 0. The lowest BCUT2D eigenvalue weighted by molar-refractivity contribution is -0.142. The predicted octanol–water partition coefficient (Wildman–Crippen LogP) is -4.28. The molecule has 28 nitrogen and oxygen atoms in total. The molecule has 1 aliphatic heterocycles. The van der Waals surface area contributed by atoms with Crippen molar-refractivity contribution in [3.05, 3.63) is 36.0 Å². The Labute approximate surface area is 429 Å². The molecule has 74 heavy (non-hydrogen) atoms. The van der Waals surface area contributed by atoms with Crippen LogP contribution >= 0.6 is 0 Å². The summed E-state index contributed by atoms with van der Waals surface area (Å²) in [7, 11) is 0. The van der Waals surface area contributed by atoms with Crippen molar-refractivity contribution in [2.45, 2.75) is 133 Å². The molecule has 28 heteroatoms. The van der Waals surface area contributed by atoms with E-state index in [1.165, 1.54) is 0 Å². The Balaban J connectivity index is 1.95. The summed E-state index contributed by atoms with van der Waals surface area (Å²) in [4.78, 5) is 116. The highest BCUT2D eigenvalue weighted by Gasteiger charge is 2.36. The van der Waals surface area contributed by atoms with E-state index in [4.69, 9.17) is 45.9 Å². The summed E-state index contributed by atoms with van der Waals surface area (Å²) in [5, 5.41) is 30.2. The van der Waals surface area contributed by atoms with Gasteiger partial charge in [-0.05, 0) is 88.3 Å². The van der Waals surface area contributed by atoms with E-state index >= 15 is 0 Å². The molecule has 1 aromatic carbocycles. The first-order chi connectivity index (χ1) is 35.2. The van der Waals surface area contributed by atoms with E-state index in [9.17, 15) is 38.7 Å². The molecule has 8 atom stereocenters. The number of carboxylic acids is 1. The van der Waals surface area contributed by atoms with E-state index in [0.29, 0.717) is 19.4 Å². The van der Waals surface area contributed by atoms with Gasteiger partial charge in [0, 0.05) is 49.7 Å². The zero-order valence-corrected chi connectivity index (χ0v) is 42.2. The maximum atomic E-state index is 14.5. The second-order valence-corrected chi connectivity index (χ2v) is 18.0. The molecule has 3 rings (SSSR count). The van der Waals surface area contributed by atoms with Crippen LogP contribution in [0.1, 0.15) is 90.0 Å². The quantitative estimate of drug-likeness (QED) is 0.0183. The molecule has 0 aliphatic carbocycles. The highest BCUT2D eigenvalue weighted by Crippen LogP contribution is 2.20. The summed E-state index contributed by atoms with van der Waals surface area (Å²) in [6.45, 7) is 4.43. The van der Waals surface area contributed by atoms with Crippen LogP contribution in [-0.2, 0) is 40.0 Å². The Morgan fingerprint density at radius 2 is 1.04 bits per heavy atom. The summed E-state index contributed by atoms with van der Waals surface area (Å²) in [5.41, 5.74) is 45.5. The topological polar surface area (TPSA) is 497 Å². The van der Waals surface area contributed by atoms with E-state index < -0.39 is 83.7 Å². The van der Waals surface area contributed by atoms with Crippen molar-refractivity contribution >= 4 is 76.2 Å². The van der Waals surface area contributed by atoms with E-state index in [1.807, 2.05) is 24.3 Å². The Kier molecular flexibility index (Phi) is 25.7. The fourth-order valence-corrected chi connectivity index (χ4v) is 8.02. The van der Waals surface area contributed by atoms with Gasteiger partial charge in [-0.2, -0.15) is 0 Å². The molecule has 1 fully saturated rings. The highest BCUT2D eigenvalue weighted by molar-refractivity contribution is 5.97. The van der Waals surface area contributed by atoms with E-state index in [2.05, 4.69) is 62.2 Å². The van der Waals surface area contributed by atoms with Gasteiger partial charge in [-0.1, -0.05) is 38.5 Å². The molecule has 1 saturated heterocycles. The number of amides is 6. The summed E-state index contributed by atoms with van der Waals surface area (Å²) in [6.07, 6.45) is 4.11. The van der Waals surface area contributed by atoms with Crippen molar-refractivity contribution in [1.29, 1.82) is 0 Å². The number of para-hydroxylation sites is 1. The number of aliphatic carboxylic acids is 1. The fourth-order valence-electron chi connectivity index (χ4n) is 8.02. The smallest absolute Gasteiger partial charge is 0.326 e. The second-order valence-electron chi connectivity index (χ2n) is 18.0. The molecule has 2 aromatic rings. The van der Waals surface area contributed by atoms with E-state index in [0.717, 1.165) is 22.9 Å². The molecule has 1 aliphatic rings. The van der Waals surface area contributed by atoms with Crippen LogP contribution in [0.15, 0.2) is 50.4 Å². The van der Waals surface area contributed by atoms with Gasteiger partial charge >= 0.3 is 5.97 Å². The number of carboxylic acid groups (broad SMARTS) is 1. The van der Waals surface area contributed by atoms with Crippen LogP contribution in [0.2, 0.25) is 0 Å². The monoisotopic (exact) mass is 1040 g/mol. The SMILES string of the molecule is CC[C@H](C)[C@H](NC(=O)[C@H](CCCN=C(N)N)NC(=O)[C@H](CCCN=C(N)N)NC(=O)[C@H](Cc1c[nH]c2ccccc12)NC(=O)[C@@H]1CCCN1)C(=O)N[C@@H](CCCN=C(N)N)C(=O)N[C@@H](CCCN=C(N)N)C(=O)O. The van der Waals surface area contributed by atoms with Crippen molar-refractivity contribution in [3.8, 4) is 0 Å². The number of hydrogen-bond donors (Lipinski definition) is 17. The first-order valence-electron chi connectivity index (χ1n) is 24.8. The van der Waals surface area contributed by atoms with Crippen molar-refractivity contribution < 1.29 is 38.7 Å². The van der Waals surface area contributed by atoms with Crippen LogP contribution in [0.4, 0.5) is 0 Å². The summed E-state index contributed by atoms with van der Waals surface area (Å²) in [6, 6.07) is -0.837. The summed E-state index contributed by atoms with van der Waals surface area (Å²) in [5.74, 6) is -6.94. The molecule has 1 aromatic heterocycles. The maximum absolute atomic E-state index is 14.5. The minimum absolute atomic E-state index is 0.0157. The number of aromatic nitrogens is 1. The average molecular weight is 1040 g/mol. The highest BCUT2D eigenvalue weighted by atomic mass is 16.4. The van der Waals surface area contributed by atoms with Crippen LogP contribution in [0.5, 0.6) is 0 Å². The second kappa shape index (κ2) is 31.5. The van der Waals surface area contributed by atoms with Gasteiger partial charge in [-0.25, -0.2) is 4.79 Å². The van der Waals surface area contributed by atoms with Gasteiger partial charge in [0.1, 0.15) is 36.3 Å². The number of H-pyrrole nitrogens is 1. The number of aliphatic imine (C=N–C) groups is 4. The number of aromatic amines is 1. The van der Waals surface area contributed by atoms with Gasteiger partial charge in [-0.15, -0.1) is 0 Å². The number of hydrogen-bond acceptors (Lipinski definition) is 12. The maximum Gasteiger partial charge on any atom is 0.326 e. The van der Waals surface area contributed by atoms with Crippen molar-refractivity contribution in [3.63, 3.8) is 0 Å². The Hall–Kier alpha value is -7.91. The molecule has 6 amide bonds. The summed E-state index contributed by atoms with van der Waals surface area (Å²) >= 11 is 0. The predicted molar refractivity (Wildman–Crippen MR) is 281 cm³/mol. The van der Waals surface area contributed by atoms with Gasteiger partial charge in [0.15, 0.2) is 23.8 Å². The number of benzene rings is 1. The molecule has 0 radical (unpaired) electrons. The third-order valence-corrected chi connectivity index (χ3v) is 12.2. The van der Waals surface area contributed by atoms with E-state index in [1.54, 1.807) is 20.0 Å². The van der Waals surface area contributed by atoms with Crippen molar-refractivity contribution in [2.24, 2.45) is 71.8 Å². The van der Waals surface area contributed by atoms with Crippen LogP contribution < -0.4 is 83.1 Å². The van der Waals surface area contributed by atoms with Crippen molar-refractivity contribution in [2.75, 3.05) is 32.7 Å². The van der Waals surface area contributed by atoms with Gasteiger partial charge in [0.05, 0.1) is 6.04 Å². The molecule has 0 spiro atoms. The molecular formula is C46H78N20O8. The fraction of sp³-hybridized carbons (Fsp3) is 0.587. The number of nitrogens with two attached hydrogens (primary N) is 8. The third-order valence-electron chi connectivity index (χ3n) is 12.2. The van der Waals surface area contributed by atoms with Crippen LogP contribution in [0, 0.1) is 5.92 Å². The Morgan fingerprint density at radius 1 is 0.608 bits per heavy atom. The minimum atomic E-state index is -1.37. The Morgan fingerprint density at radius 3 is 1.49 bits per heavy atom. The van der Waals surface area contributed by atoms with Crippen molar-refractivity contribution in [1.82, 2.24) is 42.2 Å². The number of rotatable bonds is 33. The number of nitrogens with zero attached hydrogens (tertiary/aromatic N) is 4. The minimum Gasteiger partial charge on any atom is -0.480 e. The van der Waals surface area contributed by atoms with Crippen LogP contribution in [0.25, 0.3) is 10.9 Å². The molecular weight excluding hydrogens is 961 g/mol.